The van der Waals surface area contributed by atoms with Gasteiger partial charge >= 0.3 is 0 Å². The maximum atomic E-state index is 5.44. The lowest BCUT2D eigenvalue weighted by Gasteiger charge is -2.12. The van der Waals surface area contributed by atoms with E-state index < -0.39 is 0 Å². The normalized spacial score (nSPS) is 11.9. The topological polar surface area (TPSA) is 35.6 Å². The molecule has 11 aromatic rings. The van der Waals surface area contributed by atoms with Crippen LogP contribution in [0, 0.1) is 0 Å². The molecule has 4 heterocycles. The third kappa shape index (κ3) is 4.19. The van der Waals surface area contributed by atoms with E-state index in [0.717, 1.165) is 39.2 Å². The summed E-state index contributed by atoms with van der Waals surface area (Å²) < 4.78 is 7.16. The molecule has 0 bridgehead atoms. The highest BCUT2D eigenvalue weighted by Crippen LogP contribution is 2.43. The Bertz CT molecular complexity index is 3130. The second-order valence-electron chi connectivity index (χ2n) is 13.0. The number of fused-ring (bicyclic) bond motifs is 10. The van der Waals surface area contributed by atoms with E-state index in [2.05, 4.69) is 179 Å². The number of para-hydroxylation sites is 3. The third-order valence-corrected chi connectivity index (χ3v) is 11.4. The summed E-state index contributed by atoms with van der Waals surface area (Å²) in [6, 6.07) is 60.4. The Balaban J connectivity index is 1.25. The first-order chi connectivity index (χ1) is 25.3. The van der Waals surface area contributed by atoms with Crippen molar-refractivity contribution < 1.29 is 0 Å². The number of rotatable bonds is 4. The zero-order chi connectivity index (χ0) is 33.5. The van der Waals surface area contributed by atoms with E-state index in [4.69, 9.17) is 9.97 Å². The minimum atomic E-state index is 0.654. The quantitative estimate of drug-likeness (QED) is 0.187. The van der Waals surface area contributed by atoms with E-state index in [1.165, 1.54) is 52.8 Å². The van der Waals surface area contributed by atoms with E-state index >= 15 is 0 Å². The molecule has 0 aliphatic rings. The Morgan fingerprint density at radius 3 is 1.73 bits per heavy atom. The molecular formula is C46H28N4S. The lowest BCUT2D eigenvalue weighted by molar-refractivity contribution is 0.996. The van der Waals surface area contributed by atoms with Crippen molar-refractivity contribution in [2.24, 2.45) is 0 Å². The molecule has 4 aromatic heterocycles. The van der Waals surface area contributed by atoms with Crippen molar-refractivity contribution in [2.75, 3.05) is 0 Å². The van der Waals surface area contributed by atoms with Crippen molar-refractivity contribution in [2.45, 2.75) is 0 Å². The van der Waals surface area contributed by atoms with Gasteiger partial charge in [0.05, 0.1) is 33.5 Å². The average molecular weight is 669 g/mol. The average Bonchev–Trinajstić information content (AvgIpc) is 3.86. The lowest BCUT2D eigenvalue weighted by Crippen LogP contribution is -2.04. The molecular weight excluding hydrogens is 641 g/mol. The van der Waals surface area contributed by atoms with Gasteiger partial charge < -0.3 is 4.57 Å². The summed E-state index contributed by atoms with van der Waals surface area (Å²) in [5.41, 5.74) is 9.63. The molecule has 0 saturated carbocycles. The number of thiophene rings is 1. The van der Waals surface area contributed by atoms with Crippen molar-refractivity contribution >= 4 is 75.1 Å². The summed E-state index contributed by atoms with van der Waals surface area (Å²) in [4.78, 5) is 10.8. The van der Waals surface area contributed by atoms with E-state index in [1.54, 1.807) is 0 Å². The molecule has 0 atom stereocenters. The van der Waals surface area contributed by atoms with Crippen LogP contribution in [0.3, 0.4) is 0 Å². The molecule has 4 nitrogen and oxygen atoms in total. The number of aromatic nitrogens is 4. The van der Waals surface area contributed by atoms with Crippen LogP contribution in [0.5, 0.6) is 0 Å². The largest absolute Gasteiger partial charge is 0.309 e. The zero-order valence-electron chi connectivity index (χ0n) is 27.4. The van der Waals surface area contributed by atoms with Crippen molar-refractivity contribution in [3.05, 3.63) is 170 Å². The molecule has 0 amide bonds. The molecule has 0 saturated heterocycles. The monoisotopic (exact) mass is 668 g/mol. The van der Waals surface area contributed by atoms with E-state index in [0.29, 0.717) is 5.95 Å². The minimum absolute atomic E-state index is 0.654. The van der Waals surface area contributed by atoms with Crippen molar-refractivity contribution in [1.29, 1.82) is 0 Å². The van der Waals surface area contributed by atoms with E-state index in [1.807, 2.05) is 11.3 Å². The van der Waals surface area contributed by atoms with Gasteiger partial charge in [0, 0.05) is 58.5 Å². The van der Waals surface area contributed by atoms with Crippen LogP contribution in [-0.2, 0) is 0 Å². The first-order valence-electron chi connectivity index (χ1n) is 17.2. The molecule has 7 aromatic carbocycles. The van der Waals surface area contributed by atoms with Crippen LogP contribution < -0.4 is 0 Å². The van der Waals surface area contributed by atoms with Gasteiger partial charge in [-0.05, 0) is 48.5 Å². The Morgan fingerprint density at radius 1 is 0.412 bits per heavy atom. The van der Waals surface area contributed by atoms with Gasteiger partial charge in [0.25, 0.3) is 0 Å². The second-order valence-corrected chi connectivity index (χ2v) is 14.0. The van der Waals surface area contributed by atoms with Gasteiger partial charge in [-0.1, -0.05) is 121 Å². The molecule has 0 aliphatic heterocycles. The molecule has 0 aliphatic carbocycles. The number of nitrogens with zero attached hydrogens (tertiary/aromatic N) is 4. The molecule has 0 N–H and O–H groups in total. The second kappa shape index (κ2) is 11.0. The Labute approximate surface area is 297 Å². The summed E-state index contributed by atoms with van der Waals surface area (Å²) in [6.07, 6.45) is 0. The predicted molar refractivity (Wildman–Crippen MR) is 214 cm³/mol. The highest BCUT2D eigenvalue weighted by atomic mass is 32.1. The van der Waals surface area contributed by atoms with Gasteiger partial charge in [-0.15, -0.1) is 11.3 Å². The Kier molecular flexibility index (Phi) is 6.09. The Morgan fingerprint density at radius 2 is 0.980 bits per heavy atom. The third-order valence-electron chi connectivity index (χ3n) is 10.2. The molecule has 238 valence electrons. The lowest BCUT2D eigenvalue weighted by atomic mass is 10.0. The highest BCUT2D eigenvalue weighted by molar-refractivity contribution is 7.26. The molecule has 11 rings (SSSR count). The van der Waals surface area contributed by atoms with Crippen molar-refractivity contribution in [1.82, 2.24) is 19.1 Å². The zero-order valence-corrected chi connectivity index (χ0v) is 28.2. The number of benzene rings is 7. The molecule has 51 heavy (non-hydrogen) atoms. The molecule has 0 spiro atoms. The van der Waals surface area contributed by atoms with E-state index in [9.17, 15) is 0 Å². The predicted octanol–water partition coefficient (Wildman–Crippen LogP) is 12.4. The standard InChI is InChI=1S/C46H28N4S/c1-3-14-29(15-4-1)36-28-37(33-22-13-21-32-31-18-9-12-25-42(31)51-45(32)33)48-46(47-36)50-39-24-11-8-20-35(39)44-41(50)27-26-40-43(44)34-19-7-10-23-38(34)49(40)30-16-5-2-6-17-30/h1-28H. The van der Waals surface area contributed by atoms with Crippen LogP contribution >= 0.6 is 11.3 Å². The van der Waals surface area contributed by atoms with Gasteiger partial charge in [0.15, 0.2) is 0 Å². The molecule has 5 heteroatoms. The van der Waals surface area contributed by atoms with Gasteiger partial charge in [-0.3, -0.25) is 4.57 Å². The van der Waals surface area contributed by atoms with Gasteiger partial charge in [0.2, 0.25) is 5.95 Å². The number of hydrogen-bond donors (Lipinski definition) is 0. The first-order valence-corrected chi connectivity index (χ1v) is 18.0. The molecule has 0 fully saturated rings. The number of hydrogen-bond acceptors (Lipinski definition) is 3. The van der Waals surface area contributed by atoms with Crippen LogP contribution in [0.15, 0.2) is 170 Å². The fourth-order valence-electron chi connectivity index (χ4n) is 7.97. The van der Waals surface area contributed by atoms with Gasteiger partial charge in [-0.25, -0.2) is 9.97 Å². The summed E-state index contributed by atoms with van der Waals surface area (Å²) in [5.74, 6) is 0.654. The van der Waals surface area contributed by atoms with Crippen LogP contribution in [0.4, 0.5) is 0 Å². The van der Waals surface area contributed by atoms with Crippen LogP contribution in [-0.4, -0.2) is 19.1 Å². The smallest absolute Gasteiger partial charge is 0.235 e. The molecule has 0 unspecified atom stereocenters. The van der Waals surface area contributed by atoms with Crippen LogP contribution in [0.1, 0.15) is 0 Å². The van der Waals surface area contributed by atoms with Gasteiger partial charge in [0.1, 0.15) is 0 Å². The van der Waals surface area contributed by atoms with Crippen LogP contribution in [0.25, 0.3) is 97.9 Å². The fourth-order valence-corrected chi connectivity index (χ4v) is 9.19. The molecule has 0 radical (unpaired) electrons. The van der Waals surface area contributed by atoms with Crippen LogP contribution in [0.2, 0.25) is 0 Å². The summed E-state index contributed by atoms with van der Waals surface area (Å²) in [6.45, 7) is 0. The van der Waals surface area contributed by atoms with Gasteiger partial charge in [-0.2, -0.15) is 0 Å². The maximum Gasteiger partial charge on any atom is 0.235 e. The summed E-state index contributed by atoms with van der Waals surface area (Å²) in [5, 5.41) is 7.37. The van der Waals surface area contributed by atoms with Crippen molar-refractivity contribution in [3.63, 3.8) is 0 Å². The summed E-state index contributed by atoms with van der Waals surface area (Å²) in [7, 11) is 0. The van der Waals surface area contributed by atoms with E-state index in [-0.39, 0.29) is 0 Å². The summed E-state index contributed by atoms with van der Waals surface area (Å²) >= 11 is 1.83. The maximum absolute atomic E-state index is 5.44. The first kappa shape index (κ1) is 28.3. The van der Waals surface area contributed by atoms with Crippen molar-refractivity contribution in [3.8, 4) is 34.2 Å². The Hall–Kier alpha value is -6.56. The highest BCUT2D eigenvalue weighted by Gasteiger charge is 2.22. The minimum Gasteiger partial charge on any atom is -0.309 e. The fraction of sp³-hybridized carbons (Fsp3) is 0. The SMILES string of the molecule is c1ccc(-c2cc(-c3cccc4c3sc3ccccc34)nc(-n3c4ccccc4c4c5c6ccccc6n(-c6ccccc6)c5ccc43)n2)cc1.